The predicted octanol–water partition coefficient (Wildman–Crippen LogP) is 5.10. The first-order valence-electron chi connectivity index (χ1n) is 11.9. The number of hydrogen-bond donors (Lipinski definition) is 2. The van der Waals surface area contributed by atoms with Gasteiger partial charge in [-0.3, -0.25) is 14.4 Å². The van der Waals surface area contributed by atoms with Crippen molar-refractivity contribution < 1.29 is 28.6 Å². The molecule has 8 nitrogen and oxygen atoms in total. The molecule has 3 aromatic rings. The van der Waals surface area contributed by atoms with Gasteiger partial charge in [0.25, 0.3) is 5.91 Å². The summed E-state index contributed by atoms with van der Waals surface area (Å²) in [6, 6.07) is 18.7. The molecule has 0 aliphatic carbocycles. The summed E-state index contributed by atoms with van der Waals surface area (Å²) in [4.78, 5) is 37.4. The van der Waals surface area contributed by atoms with Crippen LogP contribution in [0.15, 0.2) is 66.7 Å². The molecule has 0 aromatic heterocycles. The first-order chi connectivity index (χ1) is 17.5. The van der Waals surface area contributed by atoms with Crippen LogP contribution in [0.4, 0.5) is 11.4 Å². The number of Topliss-reactive ketones (excluding diaryl/α,β-unsaturated/α-hetero) is 1. The van der Waals surface area contributed by atoms with Crippen molar-refractivity contribution >= 4 is 29.0 Å². The van der Waals surface area contributed by atoms with Gasteiger partial charge in [-0.25, -0.2) is 0 Å². The zero-order valence-electron chi connectivity index (χ0n) is 20.0. The fraction of sp³-hybridized carbons (Fsp3) is 0.250. The summed E-state index contributed by atoms with van der Waals surface area (Å²) in [6.45, 7) is 3.60. The molecular weight excluding hydrogens is 460 g/mol. The first kappa shape index (κ1) is 24.8. The van der Waals surface area contributed by atoms with Gasteiger partial charge in [-0.2, -0.15) is 0 Å². The molecule has 0 saturated carbocycles. The molecule has 2 N–H and O–H groups in total. The van der Waals surface area contributed by atoms with Crippen molar-refractivity contribution in [2.75, 3.05) is 30.5 Å². The molecule has 2 amide bonds. The number of nitrogens with one attached hydrogen (secondary N) is 2. The minimum Gasteiger partial charge on any atom is -0.494 e. The second-order valence-corrected chi connectivity index (χ2v) is 8.17. The Labute approximate surface area is 209 Å². The van der Waals surface area contributed by atoms with E-state index in [4.69, 9.17) is 14.2 Å². The fourth-order valence-electron chi connectivity index (χ4n) is 3.64. The molecule has 4 rings (SSSR count). The molecule has 0 bridgehead atoms. The molecule has 1 heterocycles. The lowest BCUT2D eigenvalue weighted by molar-refractivity contribution is -0.116. The number of hydrogen-bond acceptors (Lipinski definition) is 6. The van der Waals surface area contributed by atoms with Crippen LogP contribution in [-0.4, -0.2) is 37.4 Å². The summed E-state index contributed by atoms with van der Waals surface area (Å²) in [7, 11) is 0. The lowest BCUT2D eigenvalue weighted by atomic mass is 10.1. The molecule has 0 spiro atoms. The molecule has 0 atom stereocenters. The third-order valence-corrected chi connectivity index (χ3v) is 5.50. The molecule has 0 unspecified atom stereocenters. The number of anilines is 2. The SMILES string of the molecule is CCOc1ccc(NC(=O)c2ccc(NC(=O)CCC(=O)c3ccc4c(c3)OCCCO4)cc2)cc1. The second-order valence-electron chi connectivity index (χ2n) is 8.17. The first-order valence-corrected chi connectivity index (χ1v) is 11.9. The maximum atomic E-state index is 12.6. The number of fused-ring (bicyclic) bond motifs is 1. The van der Waals surface area contributed by atoms with Gasteiger partial charge in [0.15, 0.2) is 17.3 Å². The van der Waals surface area contributed by atoms with Crippen LogP contribution in [0, 0.1) is 0 Å². The normalized spacial score (nSPS) is 12.2. The third kappa shape index (κ3) is 6.63. The highest BCUT2D eigenvalue weighted by Crippen LogP contribution is 2.31. The van der Waals surface area contributed by atoms with E-state index in [9.17, 15) is 14.4 Å². The number of carbonyl (C=O) groups is 3. The van der Waals surface area contributed by atoms with Crippen molar-refractivity contribution in [2.24, 2.45) is 0 Å². The van der Waals surface area contributed by atoms with E-state index in [2.05, 4.69) is 10.6 Å². The molecular formula is C28H28N2O6. The van der Waals surface area contributed by atoms with Gasteiger partial charge in [0.1, 0.15) is 5.75 Å². The van der Waals surface area contributed by atoms with Gasteiger partial charge < -0.3 is 24.8 Å². The molecule has 186 valence electrons. The summed E-state index contributed by atoms with van der Waals surface area (Å²) in [5, 5.41) is 5.58. The topological polar surface area (TPSA) is 103 Å². The van der Waals surface area contributed by atoms with E-state index in [0.29, 0.717) is 53.8 Å². The quantitative estimate of drug-likeness (QED) is 0.406. The van der Waals surface area contributed by atoms with Crippen molar-refractivity contribution in [1.29, 1.82) is 0 Å². The Balaban J connectivity index is 1.26. The number of rotatable bonds is 9. The van der Waals surface area contributed by atoms with Crippen LogP contribution in [0.5, 0.6) is 17.2 Å². The zero-order valence-corrected chi connectivity index (χ0v) is 20.0. The highest BCUT2D eigenvalue weighted by atomic mass is 16.5. The lowest BCUT2D eigenvalue weighted by Crippen LogP contribution is -2.14. The smallest absolute Gasteiger partial charge is 0.255 e. The highest BCUT2D eigenvalue weighted by molar-refractivity contribution is 6.05. The maximum absolute atomic E-state index is 12.6. The summed E-state index contributed by atoms with van der Waals surface area (Å²) < 4.78 is 16.6. The maximum Gasteiger partial charge on any atom is 0.255 e. The number of carbonyl (C=O) groups excluding carboxylic acids is 3. The van der Waals surface area contributed by atoms with Crippen LogP contribution < -0.4 is 24.8 Å². The Kier molecular flexibility index (Phi) is 8.18. The van der Waals surface area contributed by atoms with Crippen molar-refractivity contribution in [3.8, 4) is 17.2 Å². The minimum atomic E-state index is -0.288. The van der Waals surface area contributed by atoms with Gasteiger partial charge in [-0.1, -0.05) is 0 Å². The lowest BCUT2D eigenvalue weighted by Gasteiger charge is -2.10. The fourth-order valence-corrected chi connectivity index (χ4v) is 3.64. The van der Waals surface area contributed by atoms with Crippen LogP contribution in [0.2, 0.25) is 0 Å². The average Bonchev–Trinajstić information content (AvgIpc) is 3.14. The van der Waals surface area contributed by atoms with Gasteiger partial charge >= 0.3 is 0 Å². The van der Waals surface area contributed by atoms with E-state index in [1.807, 2.05) is 6.92 Å². The highest BCUT2D eigenvalue weighted by Gasteiger charge is 2.15. The molecule has 0 radical (unpaired) electrons. The monoisotopic (exact) mass is 488 g/mol. The number of ketones is 1. The van der Waals surface area contributed by atoms with Crippen molar-refractivity contribution in [2.45, 2.75) is 26.2 Å². The predicted molar refractivity (Wildman–Crippen MR) is 136 cm³/mol. The largest absolute Gasteiger partial charge is 0.494 e. The van der Waals surface area contributed by atoms with Gasteiger partial charge in [0.05, 0.1) is 19.8 Å². The van der Waals surface area contributed by atoms with Crippen LogP contribution in [0.1, 0.15) is 46.9 Å². The Morgan fingerprint density at radius 1 is 0.778 bits per heavy atom. The van der Waals surface area contributed by atoms with Crippen molar-refractivity contribution in [3.05, 3.63) is 77.9 Å². The van der Waals surface area contributed by atoms with Crippen molar-refractivity contribution in [3.63, 3.8) is 0 Å². The van der Waals surface area contributed by atoms with E-state index in [-0.39, 0.29) is 30.4 Å². The Hall–Kier alpha value is -4.33. The summed E-state index contributed by atoms with van der Waals surface area (Å²) in [6.07, 6.45) is 0.883. The van der Waals surface area contributed by atoms with Gasteiger partial charge in [0.2, 0.25) is 5.91 Å². The summed E-state index contributed by atoms with van der Waals surface area (Å²) in [5.74, 6) is 1.20. The van der Waals surface area contributed by atoms with Crippen LogP contribution >= 0.6 is 0 Å². The van der Waals surface area contributed by atoms with Crippen LogP contribution in [0.25, 0.3) is 0 Å². The number of ether oxygens (including phenoxy) is 3. The number of amides is 2. The summed E-state index contributed by atoms with van der Waals surface area (Å²) >= 11 is 0. The van der Waals surface area contributed by atoms with Gasteiger partial charge in [-0.15, -0.1) is 0 Å². The zero-order chi connectivity index (χ0) is 25.3. The molecule has 36 heavy (non-hydrogen) atoms. The Bertz CT molecular complexity index is 1220. The second kappa shape index (κ2) is 11.9. The van der Waals surface area contributed by atoms with E-state index in [1.165, 1.54) is 0 Å². The van der Waals surface area contributed by atoms with Crippen LogP contribution in [-0.2, 0) is 4.79 Å². The minimum absolute atomic E-state index is 0.0350. The molecule has 8 heteroatoms. The molecule has 1 aliphatic heterocycles. The molecule has 0 fully saturated rings. The van der Waals surface area contributed by atoms with E-state index < -0.39 is 0 Å². The van der Waals surface area contributed by atoms with Gasteiger partial charge in [0, 0.05) is 41.8 Å². The Morgan fingerprint density at radius 2 is 1.42 bits per heavy atom. The molecule has 1 aliphatic rings. The van der Waals surface area contributed by atoms with Crippen LogP contribution in [0.3, 0.4) is 0 Å². The Morgan fingerprint density at radius 3 is 2.14 bits per heavy atom. The van der Waals surface area contributed by atoms with E-state index in [0.717, 1.165) is 12.2 Å². The van der Waals surface area contributed by atoms with E-state index in [1.54, 1.807) is 66.7 Å². The molecule has 0 saturated heterocycles. The average molecular weight is 489 g/mol. The summed E-state index contributed by atoms with van der Waals surface area (Å²) in [5.41, 5.74) is 2.13. The standard InChI is InChI=1S/C28H28N2O6/c1-2-34-23-11-9-22(10-12-23)30-28(33)19-4-7-21(8-5-19)29-27(32)15-13-24(31)20-6-14-25-26(18-20)36-17-3-16-35-25/h4-12,14,18H,2-3,13,15-17H2,1H3,(H,29,32)(H,30,33). The van der Waals surface area contributed by atoms with E-state index >= 15 is 0 Å². The third-order valence-electron chi connectivity index (χ3n) is 5.50. The number of benzene rings is 3. The molecule has 3 aromatic carbocycles. The van der Waals surface area contributed by atoms with Crippen molar-refractivity contribution in [1.82, 2.24) is 0 Å². The van der Waals surface area contributed by atoms with Gasteiger partial charge in [-0.05, 0) is 73.7 Å².